The van der Waals surface area contributed by atoms with Gasteiger partial charge in [-0.3, -0.25) is 4.79 Å². The summed E-state index contributed by atoms with van der Waals surface area (Å²) in [6.07, 6.45) is 6.15. The van der Waals surface area contributed by atoms with Crippen LogP contribution in [0.15, 0.2) is 84.9 Å². The van der Waals surface area contributed by atoms with Crippen LogP contribution in [0.1, 0.15) is 23.6 Å². The number of methoxy groups -OCH3 is 2. The van der Waals surface area contributed by atoms with Crippen LogP contribution in [0.25, 0.3) is 11.6 Å². The zero-order chi connectivity index (χ0) is 21.3. The number of amides is 1. The van der Waals surface area contributed by atoms with Gasteiger partial charge in [0.2, 0.25) is 5.91 Å². The molecule has 1 N–H and O–H groups in total. The van der Waals surface area contributed by atoms with Crippen molar-refractivity contribution in [3.8, 4) is 11.5 Å². The molecule has 0 aliphatic carbocycles. The largest absolute Gasteiger partial charge is 0.497 e. The average molecular weight is 399 g/mol. The van der Waals surface area contributed by atoms with Crippen LogP contribution in [0.4, 0.5) is 5.69 Å². The Bertz CT molecular complexity index is 982. The fourth-order valence-electron chi connectivity index (χ4n) is 3.04. The summed E-state index contributed by atoms with van der Waals surface area (Å²) in [4.78, 5) is 11.1. The molecule has 3 aromatic carbocycles. The summed E-state index contributed by atoms with van der Waals surface area (Å²) in [5.74, 6) is 1.56. The molecule has 0 radical (unpaired) electrons. The second-order valence-corrected chi connectivity index (χ2v) is 6.70. The van der Waals surface area contributed by atoms with Gasteiger partial charge in [0.1, 0.15) is 11.5 Å². The van der Waals surface area contributed by atoms with Crippen LogP contribution in [0, 0.1) is 0 Å². The number of ether oxygens (including phenoxy) is 2. The molecule has 4 heteroatoms. The Balaban J connectivity index is 1.89. The van der Waals surface area contributed by atoms with Crippen molar-refractivity contribution in [2.45, 2.75) is 6.92 Å². The summed E-state index contributed by atoms with van der Waals surface area (Å²) in [7, 11) is 3.32. The van der Waals surface area contributed by atoms with E-state index in [1.807, 2.05) is 84.9 Å². The quantitative estimate of drug-likeness (QED) is 0.510. The first kappa shape index (κ1) is 20.9. The molecule has 0 aliphatic heterocycles. The molecule has 0 saturated carbocycles. The molecule has 0 aliphatic rings. The highest BCUT2D eigenvalue weighted by Crippen LogP contribution is 2.27. The number of benzene rings is 3. The van der Waals surface area contributed by atoms with E-state index in [1.54, 1.807) is 14.2 Å². The molecule has 0 fully saturated rings. The van der Waals surface area contributed by atoms with Crippen molar-refractivity contribution in [3.05, 3.63) is 102 Å². The van der Waals surface area contributed by atoms with Crippen molar-refractivity contribution in [1.29, 1.82) is 0 Å². The lowest BCUT2D eigenvalue weighted by atomic mass is 9.97. The number of hydrogen-bond acceptors (Lipinski definition) is 3. The number of carbonyl (C=O) groups is 1. The third-order valence-corrected chi connectivity index (χ3v) is 4.58. The maximum absolute atomic E-state index is 11.1. The van der Waals surface area contributed by atoms with Gasteiger partial charge < -0.3 is 14.8 Å². The van der Waals surface area contributed by atoms with Gasteiger partial charge in [-0.05, 0) is 58.7 Å². The second-order valence-electron chi connectivity index (χ2n) is 6.70. The molecule has 0 unspecified atom stereocenters. The minimum absolute atomic E-state index is 0.0788. The smallest absolute Gasteiger partial charge is 0.221 e. The van der Waals surface area contributed by atoms with E-state index in [0.29, 0.717) is 0 Å². The minimum Gasteiger partial charge on any atom is -0.497 e. The molecule has 0 aromatic heterocycles. The van der Waals surface area contributed by atoms with E-state index in [0.717, 1.165) is 39.4 Å². The molecule has 0 saturated heterocycles. The third-order valence-electron chi connectivity index (χ3n) is 4.58. The van der Waals surface area contributed by atoms with E-state index >= 15 is 0 Å². The molecule has 0 heterocycles. The normalized spacial score (nSPS) is 10.5. The standard InChI is InChI=1S/C26H25NO3/c1-19(28)27-23-13-7-20(8-14-23)5-4-6-26(21-9-15-24(29-2)16-10-21)22-11-17-25(30-3)18-12-22/h4-18H,1-3H3,(H,27,28)/b5-4+. The van der Waals surface area contributed by atoms with Gasteiger partial charge in [0.15, 0.2) is 0 Å². The maximum Gasteiger partial charge on any atom is 0.221 e. The summed E-state index contributed by atoms with van der Waals surface area (Å²) < 4.78 is 10.6. The van der Waals surface area contributed by atoms with Crippen LogP contribution < -0.4 is 14.8 Å². The Kier molecular flexibility index (Phi) is 7.06. The highest BCUT2D eigenvalue weighted by atomic mass is 16.5. The predicted octanol–water partition coefficient (Wildman–Crippen LogP) is 5.81. The van der Waals surface area contributed by atoms with Crippen LogP contribution in [-0.2, 0) is 4.79 Å². The molecular formula is C26H25NO3. The topological polar surface area (TPSA) is 47.6 Å². The summed E-state index contributed by atoms with van der Waals surface area (Å²) >= 11 is 0. The van der Waals surface area contributed by atoms with Gasteiger partial charge in [-0.1, -0.05) is 54.6 Å². The number of rotatable bonds is 7. The van der Waals surface area contributed by atoms with Crippen LogP contribution >= 0.6 is 0 Å². The van der Waals surface area contributed by atoms with E-state index in [-0.39, 0.29) is 5.91 Å². The van der Waals surface area contributed by atoms with E-state index in [1.165, 1.54) is 6.92 Å². The maximum atomic E-state index is 11.1. The molecule has 4 nitrogen and oxygen atoms in total. The number of carbonyl (C=O) groups excluding carboxylic acids is 1. The van der Waals surface area contributed by atoms with E-state index in [9.17, 15) is 4.79 Å². The first-order chi connectivity index (χ1) is 14.6. The molecule has 1 amide bonds. The summed E-state index contributed by atoms with van der Waals surface area (Å²) in [6, 6.07) is 23.7. The first-order valence-electron chi connectivity index (χ1n) is 9.64. The molecule has 152 valence electrons. The molecule has 30 heavy (non-hydrogen) atoms. The summed E-state index contributed by atoms with van der Waals surface area (Å²) in [6.45, 7) is 1.50. The van der Waals surface area contributed by atoms with Gasteiger partial charge in [0, 0.05) is 12.6 Å². The third kappa shape index (κ3) is 5.61. The zero-order valence-electron chi connectivity index (χ0n) is 17.4. The highest BCUT2D eigenvalue weighted by molar-refractivity contribution is 5.88. The fraction of sp³-hybridized carbons (Fsp3) is 0.115. The van der Waals surface area contributed by atoms with Crippen molar-refractivity contribution in [1.82, 2.24) is 0 Å². The lowest BCUT2D eigenvalue weighted by Crippen LogP contribution is -2.05. The van der Waals surface area contributed by atoms with Crippen molar-refractivity contribution >= 4 is 23.2 Å². The van der Waals surface area contributed by atoms with Gasteiger partial charge in [0.25, 0.3) is 0 Å². The molecule has 3 rings (SSSR count). The lowest BCUT2D eigenvalue weighted by Gasteiger charge is -2.10. The van der Waals surface area contributed by atoms with Crippen molar-refractivity contribution in [2.24, 2.45) is 0 Å². The van der Waals surface area contributed by atoms with Gasteiger partial charge >= 0.3 is 0 Å². The first-order valence-corrected chi connectivity index (χ1v) is 9.64. The van der Waals surface area contributed by atoms with E-state index in [4.69, 9.17) is 9.47 Å². The lowest BCUT2D eigenvalue weighted by molar-refractivity contribution is -0.114. The van der Waals surface area contributed by atoms with Crippen LogP contribution in [0.5, 0.6) is 11.5 Å². The second kappa shape index (κ2) is 10.1. The van der Waals surface area contributed by atoms with E-state index < -0.39 is 0 Å². The van der Waals surface area contributed by atoms with Crippen molar-refractivity contribution in [3.63, 3.8) is 0 Å². The van der Waals surface area contributed by atoms with Crippen molar-refractivity contribution < 1.29 is 14.3 Å². The van der Waals surface area contributed by atoms with Crippen LogP contribution in [0.2, 0.25) is 0 Å². The Morgan fingerprint density at radius 3 is 1.70 bits per heavy atom. The summed E-state index contributed by atoms with van der Waals surface area (Å²) in [5.41, 5.74) is 5.10. The Labute approximate surface area is 177 Å². The molecule has 3 aromatic rings. The van der Waals surface area contributed by atoms with Crippen LogP contribution in [0.3, 0.4) is 0 Å². The van der Waals surface area contributed by atoms with Crippen LogP contribution in [-0.4, -0.2) is 20.1 Å². The Morgan fingerprint density at radius 1 is 0.767 bits per heavy atom. The Morgan fingerprint density at radius 2 is 1.27 bits per heavy atom. The average Bonchev–Trinajstić information content (AvgIpc) is 2.78. The minimum atomic E-state index is -0.0788. The molecular weight excluding hydrogens is 374 g/mol. The number of anilines is 1. The number of hydrogen-bond donors (Lipinski definition) is 1. The van der Waals surface area contributed by atoms with Gasteiger partial charge in [-0.15, -0.1) is 0 Å². The van der Waals surface area contributed by atoms with Gasteiger partial charge in [-0.25, -0.2) is 0 Å². The van der Waals surface area contributed by atoms with Crippen molar-refractivity contribution in [2.75, 3.05) is 19.5 Å². The van der Waals surface area contributed by atoms with Gasteiger partial charge in [0.05, 0.1) is 14.2 Å². The monoisotopic (exact) mass is 399 g/mol. The number of nitrogens with one attached hydrogen (secondary N) is 1. The van der Waals surface area contributed by atoms with E-state index in [2.05, 4.69) is 11.4 Å². The predicted molar refractivity (Wildman–Crippen MR) is 123 cm³/mol. The van der Waals surface area contributed by atoms with Gasteiger partial charge in [-0.2, -0.15) is 0 Å². The molecule has 0 spiro atoms. The highest BCUT2D eigenvalue weighted by Gasteiger charge is 2.05. The Hall–Kier alpha value is -3.79. The fourth-order valence-corrected chi connectivity index (χ4v) is 3.04. The molecule has 0 atom stereocenters. The summed E-state index contributed by atoms with van der Waals surface area (Å²) in [5, 5.41) is 2.77. The molecule has 0 bridgehead atoms. The number of allylic oxidation sites excluding steroid dienone is 2. The zero-order valence-corrected chi connectivity index (χ0v) is 17.4. The SMILES string of the molecule is COc1ccc(C(=C/C=C/c2ccc(NC(C)=O)cc2)c2ccc(OC)cc2)cc1.